The minimum atomic E-state index is -0.414. The Morgan fingerprint density at radius 2 is 1.64 bits per heavy atom. The third-order valence-electron chi connectivity index (χ3n) is 3.72. The number of hydrogen-bond acceptors (Lipinski definition) is 2. The van der Waals surface area contributed by atoms with Crippen molar-refractivity contribution in [1.82, 2.24) is 0 Å². The molecule has 0 aromatic heterocycles. The Morgan fingerprint density at radius 1 is 1.05 bits per heavy atom. The molecular weight excluding hydrogens is 272 g/mol. The number of rotatable bonds is 5. The minimum absolute atomic E-state index is 0.129. The fourth-order valence-corrected chi connectivity index (χ4v) is 2.33. The number of benzene rings is 2. The Labute approximate surface area is 132 Å². The molecule has 0 fully saturated rings. The molecule has 0 saturated heterocycles. The van der Waals surface area contributed by atoms with Crippen molar-refractivity contribution >= 4 is 11.6 Å². The Balaban J connectivity index is 2.10. The molecule has 3 nitrogen and oxygen atoms in total. The molecule has 2 aromatic carbocycles. The normalized spacial score (nSPS) is 12.7. The van der Waals surface area contributed by atoms with Crippen molar-refractivity contribution in [3.63, 3.8) is 0 Å². The summed E-state index contributed by atoms with van der Waals surface area (Å²) < 4.78 is 0. The molecule has 2 rings (SSSR count). The first kappa shape index (κ1) is 16.1. The van der Waals surface area contributed by atoms with Crippen LogP contribution >= 0.6 is 0 Å². The SMILES string of the molecule is CC(C)(C)c1ccc(CC(Nc2ccccc2)C(N)=O)cc1. The lowest BCUT2D eigenvalue weighted by Crippen LogP contribution is -2.37. The molecule has 1 unspecified atom stereocenters. The van der Waals surface area contributed by atoms with Crippen LogP contribution in [0.2, 0.25) is 0 Å². The molecule has 1 amide bonds. The van der Waals surface area contributed by atoms with Crippen molar-refractivity contribution in [2.24, 2.45) is 5.73 Å². The van der Waals surface area contributed by atoms with Gasteiger partial charge < -0.3 is 11.1 Å². The Bertz CT molecular complexity index is 612. The summed E-state index contributed by atoms with van der Waals surface area (Å²) in [6.07, 6.45) is 0.578. The number of hydrogen-bond donors (Lipinski definition) is 2. The van der Waals surface area contributed by atoms with E-state index >= 15 is 0 Å². The van der Waals surface area contributed by atoms with Crippen LogP contribution in [0.1, 0.15) is 31.9 Å². The van der Waals surface area contributed by atoms with Crippen LogP contribution in [0, 0.1) is 0 Å². The Hall–Kier alpha value is -2.29. The van der Waals surface area contributed by atoms with Crippen LogP contribution in [0.25, 0.3) is 0 Å². The van der Waals surface area contributed by atoms with Crippen LogP contribution in [0.4, 0.5) is 5.69 Å². The number of anilines is 1. The van der Waals surface area contributed by atoms with Gasteiger partial charge in [-0.2, -0.15) is 0 Å². The maximum atomic E-state index is 11.7. The maximum absolute atomic E-state index is 11.7. The van der Waals surface area contributed by atoms with Gasteiger partial charge in [0.2, 0.25) is 5.91 Å². The van der Waals surface area contributed by atoms with Crippen molar-refractivity contribution in [3.8, 4) is 0 Å². The summed E-state index contributed by atoms with van der Waals surface area (Å²) in [7, 11) is 0. The van der Waals surface area contributed by atoms with Gasteiger partial charge in [-0.1, -0.05) is 63.2 Å². The maximum Gasteiger partial charge on any atom is 0.240 e. The largest absolute Gasteiger partial charge is 0.373 e. The Morgan fingerprint density at radius 3 is 2.14 bits per heavy atom. The van der Waals surface area contributed by atoms with Crippen molar-refractivity contribution in [2.75, 3.05) is 5.32 Å². The van der Waals surface area contributed by atoms with Gasteiger partial charge in [0.15, 0.2) is 0 Å². The van der Waals surface area contributed by atoms with Crippen molar-refractivity contribution in [3.05, 3.63) is 65.7 Å². The molecule has 0 radical (unpaired) electrons. The standard InChI is InChI=1S/C19H24N2O/c1-19(2,3)15-11-9-14(10-12-15)13-17(18(20)22)21-16-7-5-4-6-8-16/h4-12,17,21H,13H2,1-3H3,(H2,20,22). The number of amides is 1. The van der Waals surface area contributed by atoms with Gasteiger partial charge in [-0.05, 0) is 28.7 Å². The van der Waals surface area contributed by atoms with Crippen LogP contribution in [0.15, 0.2) is 54.6 Å². The molecule has 1 atom stereocenters. The minimum Gasteiger partial charge on any atom is -0.373 e. The van der Waals surface area contributed by atoms with E-state index in [1.54, 1.807) is 0 Å². The quantitative estimate of drug-likeness (QED) is 0.887. The van der Waals surface area contributed by atoms with Gasteiger partial charge in [0.1, 0.15) is 6.04 Å². The topological polar surface area (TPSA) is 55.1 Å². The van der Waals surface area contributed by atoms with Crippen LogP contribution in [-0.4, -0.2) is 11.9 Å². The average Bonchev–Trinajstić information content (AvgIpc) is 2.47. The number of para-hydroxylation sites is 1. The first-order valence-electron chi connectivity index (χ1n) is 7.56. The fourth-order valence-electron chi connectivity index (χ4n) is 2.33. The fraction of sp³-hybridized carbons (Fsp3) is 0.316. The molecule has 0 aliphatic heterocycles. The summed E-state index contributed by atoms with van der Waals surface area (Å²) in [5, 5.41) is 3.20. The lowest BCUT2D eigenvalue weighted by atomic mass is 9.86. The third kappa shape index (κ3) is 4.35. The molecule has 0 heterocycles. The second-order valence-corrected chi connectivity index (χ2v) is 6.62. The molecule has 0 aliphatic carbocycles. The summed E-state index contributed by atoms with van der Waals surface area (Å²) in [4.78, 5) is 11.7. The highest BCUT2D eigenvalue weighted by Crippen LogP contribution is 2.22. The predicted octanol–water partition coefficient (Wildman–Crippen LogP) is 3.49. The molecule has 0 spiro atoms. The predicted molar refractivity (Wildman–Crippen MR) is 91.9 cm³/mol. The van der Waals surface area contributed by atoms with Crippen LogP contribution in [0.5, 0.6) is 0 Å². The summed E-state index contributed by atoms with van der Waals surface area (Å²) in [5.74, 6) is -0.344. The van der Waals surface area contributed by atoms with E-state index in [0.717, 1.165) is 11.3 Å². The van der Waals surface area contributed by atoms with Crippen molar-refractivity contribution < 1.29 is 4.79 Å². The van der Waals surface area contributed by atoms with Crippen molar-refractivity contribution in [1.29, 1.82) is 0 Å². The van der Waals surface area contributed by atoms with Gasteiger partial charge in [0.25, 0.3) is 0 Å². The highest BCUT2D eigenvalue weighted by molar-refractivity contribution is 5.83. The van der Waals surface area contributed by atoms with E-state index in [-0.39, 0.29) is 11.3 Å². The van der Waals surface area contributed by atoms with Crippen LogP contribution in [-0.2, 0) is 16.6 Å². The number of carbonyl (C=O) groups excluding carboxylic acids is 1. The van der Waals surface area contributed by atoms with Gasteiger partial charge in [-0.15, -0.1) is 0 Å². The van der Waals surface area contributed by atoms with E-state index in [1.165, 1.54) is 5.56 Å². The molecule has 3 heteroatoms. The number of nitrogens with one attached hydrogen (secondary N) is 1. The average molecular weight is 296 g/mol. The second kappa shape index (κ2) is 6.65. The lowest BCUT2D eigenvalue weighted by Gasteiger charge is -2.20. The van der Waals surface area contributed by atoms with E-state index in [2.05, 4.69) is 50.4 Å². The second-order valence-electron chi connectivity index (χ2n) is 6.62. The first-order valence-corrected chi connectivity index (χ1v) is 7.56. The van der Waals surface area contributed by atoms with E-state index in [1.807, 2.05) is 30.3 Å². The smallest absolute Gasteiger partial charge is 0.240 e. The summed E-state index contributed by atoms with van der Waals surface area (Å²) in [6.45, 7) is 6.56. The third-order valence-corrected chi connectivity index (χ3v) is 3.72. The van der Waals surface area contributed by atoms with Gasteiger partial charge in [0, 0.05) is 12.1 Å². The Kier molecular flexibility index (Phi) is 4.86. The molecular formula is C19H24N2O. The molecule has 0 bridgehead atoms. The summed E-state index contributed by atoms with van der Waals surface area (Å²) in [6, 6.07) is 17.6. The zero-order valence-electron chi connectivity index (χ0n) is 13.5. The van der Waals surface area contributed by atoms with E-state index < -0.39 is 6.04 Å². The molecule has 2 aromatic rings. The van der Waals surface area contributed by atoms with Gasteiger partial charge in [-0.25, -0.2) is 0 Å². The number of carbonyl (C=O) groups is 1. The number of primary amides is 1. The highest BCUT2D eigenvalue weighted by Gasteiger charge is 2.17. The number of nitrogens with two attached hydrogens (primary N) is 1. The lowest BCUT2D eigenvalue weighted by molar-refractivity contribution is -0.118. The van der Waals surface area contributed by atoms with E-state index in [0.29, 0.717) is 6.42 Å². The monoisotopic (exact) mass is 296 g/mol. The van der Waals surface area contributed by atoms with Gasteiger partial charge in [-0.3, -0.25) is 4.79 Å². The van der Waals surface area contributed by atoms with Gasteiger partial charge in [0.05, 0.1) is 0 Å². The molecule has 22 heavy (non-hydrogen) atoms. The zero-order valence-corrected chi connectivity index (χ0v) is 13.5. The molecule has 3 N–H and O–H groups in total. The highest BCUT2D eigenvalue weighted by atomic mass is 16.1. The van der Waals surface area contributed by atoms with Gasteiger partial charge >= 0.3 is 0 Å². The first-order chi connectivity index (χ1) is 10.4. The van der Waals surface area contributed by atoms with E-state index in [9.17, 15) is 4.79 Å². The van der Waals surface area contributed by atoms with E-state index in [4.69, 9.17) is 5.73 Å². The summed E-state index contributed by atoms with van der Waals surface area (Å²) in [5.41, 5.74) is 8.94. The molecule has 116 valence electrons. The molecule has 0 aliphatic rings. The zero-order chi connectivity index (χ0) is 16.2. The van der Waals surface area contributed by atoms with Crippen LogP contribution in [0.3, 0.4) is 0 Å². The molecule has 0 saturated carbocycles. The van der Waals surface area contributed by atoms with Crippen molar-refractivity contribution in [2.45, 2.75) is 38.6 Å². The van der Waals surface area contributed by atoms with Crippen LogP contribution < -0.4 is 11.1 Å². The summed E-state index contributed by atoms with van der Waals surface area (Å²) >= 11 is 0.